The highest BCUT2D eigenvalue weighted by atomic mass is 19.4. The van der Waals surface area contributed by atoms with Crippen molar-refractivity contribution in [1.82, 2.24) is 0 Å². The summed E-state index contributed by atoms with van der Waals surface area (Å²) < 4.78 is 74.9. The van der Waals surface area contributed by atoms with Gasteiger partial charge in [0.15, 0.2) is 0 Å². The van der Waals surface area contributed by atoms with Gasteiger partial charge in [0.05, 0.1) is 6.61 Å². The van der Waals surface area contributed by atoms with Crippen molar-refractivity contribution in [3.8, 4) is 0 Å². The van der Waals surface area contributed by atoms with Crippen molar-refractivity contribution in [3.05, 3.63) is 0 Å². The normalized spacial score (nSPS) is 24.7. The molecular formula is C5H4F6O2. The lowest BCUT2D eigenvalue weighted by Crippen LogP contribution is -2.60. The van der Waals surface area contributed by atoms with Gasteiger partial charge in [-0.05, 0) is 0 Å². The molecule has 13 heavy (non-hydrogen) atoms. The molecule has 8 heteroatoms. The molecule has 0 aliphatic carbocycles. The predicted octanol–water partition coefficient (Wildman–Crippen LogP) is 1.24. The van der Waals surface area contributed by atoms with Gasteiger partial charge >= 0.3 is 12.4 Å². The second-order valence-electron chi connectivity index (χ2n) is 2.58. The average Bonchev–Trinajstić information content (AvgIpc) is 2.60. The third-order valence-electron chi connectivity index (χ3n) is 1.66. The van der Waals surface area contributed by atoms with Crippen LogP contribution in [-0.4, -0.2) is 35.8 Å². The van der Waals surface area contributed by atoms with Gasteiger partial charge < -0.3 is 9.84 Å². The van der Waals surface area contributed by atoms with Crippen LogP contribution >= 0.6 is 0 Å². The van der Waals surface area contributed by atoms with E-state index < -0.39 is 30.7 Å². The number of aliphatic hydroxyl groups is 1. The molecule has 1 saturated heterocycles. The Hall–Kier alpha value is -0.500. The number of alkyl halides is 6. The molecule has 0 aromatic rings. The molecule has 1 atom stereocenters. The minimum Gasteiger partial charge on any atom is -0.372 e. The largest absolute Gasteiger partial charge is 0.429 e. The van der Waals surface area contributed by atoms with Gasteiger partial charge in [0.25, 0.3) is 5.60 Å². The minimum atomic E-state index is -5.77. The molecule has 2 nitrogen and oxygen atoms in total. The summed E-state index contributed by atoms with van der Waals surface area (Å²) in [6, 6.07) is 0. The number of rotatable bonds is 1. The van der Waals surface area contributed by atoms with E-state index in [4.69, 9.17) is 5.11 Å². The quantitative estimate of drug-likeness (QED) is 0.521. The first-order valence-corrected chi connectivity index (χ1v) is 3.08. The highest BCUT2D eigenvalue weighted by Crippen LogP contribution is 2.49. The van der Waals surface area contributed by atoms with Crippen LogP contribution in [0.15, 0.2) is 0 Å². The molecule has 0 aromatic carbocycles. The summed E-state index contributed by atoms with van der Waals surface area (Å²) in [7, 11) is 0. The van der Waals surface area contributed by atoms with Crippen molar-refractivity contribution in [3.63, 3.8) is 0 Å². The Morgan fingerprint density at radius 3 is 1.38 bits per heavy atom. The maximum atomic E-state index is 11.8. The zero-order valence-corrected chi connectivity index (χ0v) is 5.91. The predicted molar refractivity (Wildman–Crippen MR) is 26.8 cm³/mol. The first-order valence-electron chi connectivity index (χ1n) is 3.08. The first kappa shape index (κ1) is 10.6. The Kier molecular flexibility index (Phi) is 2.04. The Morgan fingerprint density at radius 1 is 1.00 bits per heavy atom. The molecule has 0 spiro atoms. The maximum Gasteiger partial charge on any atom is 0.429 e. The molecule has 1 rings (SSSR count). The van der Waals surface area contributed by atoms with Crippen LogP contribution < -0.4 is 0 Å². The standard InChI is InChI=1S/C5H4F6O2/c6-4(7,8)3(12,2-1-13-2)5(9,10)11/h2,12H,1H2. The summed E-state index contributed by atoms with van der Waals surface area (Å²) in [6.07, 6.45) is -13.8. The highest BCUT2D eigenvalue weighted by Gasteiger charge is 2.77. The maximum absolute atomic E-state index is 11.8. The minimum absolute atomic E-state index is 0.741. The molecule has 0 radical (unpaired) electrons. The molecule has 1 aliphatic rings. The van der Waals surface area contributed by atoms with Gasteiger partial charge in [-0.3, -0.25) is 0 Å². The fourth-order valence-electron chi connectivity index (χ4n) is 0.815. The molecule has 0 saturated carbocycles. The van der Waals surface area contributed by atoms with E-state index in [0.29, 0.717) is 0 Å². The van der Waals surface area contributed by atoms with Gasteiger partial charge in [-0.25, -0.2) is 0 Å². The van der Waals surface area contributed by atoms with Crippen molar-refractivity contribution < 1.29 is 36.2 Å². The summed E-state index contributed by atoms with van der Waals surface area (Å²) >= 11 is 0. The van der Waals surface area contributed by atoms with Gasteiger partial charge in [-0.1, -0.05) is 0 Å². The Morgan fingerprint density at radius 2 is 1.31 bits per heavy atom. The topological polar surface area (TPSA) is 32.8 Å². The second-order valence-corrected chi connectivity index (χ2v) is 2.58. The van der Waals surface area contributed by atoms with E-state index in [2.05, 4.69) is 4.74 Å². The molecule has 1 heterocycles. The average molecular weight is 210 g/mol. The fourth-order valence-corrected chi connectivity index (χ4v) is 0.815. The van der Waals surface area contributed by atoms with Crippen molar-refractivity contribution in [1.29, 1.82) is 0 Å². The van der Waals surface area contributed by atoms with Crippen LogP contribution in [0.25, 0.3) is 0 Å². The lowest BCUT2D eigenvalue weighted by molar-refractivity contribution is -0.372. The van der Waals surface area contributed by atoms with Gasteiger partial charge in [0, 0.05) is 0 Å². The van der Waals surface area contributed by atoms with Gasteiger partial charge in [0.1, 0.15) is 6.10 Å². The molecule has 0 bridgehead atoms. The van der Waals surface area contributed by atoms with E-state index in [9.17, 15) is 26.3 Å². The van der Waals surface area contributed by atoms with Crippen LogP contribution in [0.2, 0.25) is 0 Å². The van der Waals surface area contributed by atoms with Crippen LogP contribution in [0, 0.1) is 0 Å². The smallest absolute Gasteiger partial charge is 0.372 e. The van der Waals surface area contributed by atoms with E-state index in [1.807, 2.05) is 0 Å². The molecule has 0 amide bonds. The van der Waals surface area contributed by atoms with Gasteiger partial charge in [-0.15, -0.1) is 0 Å². The van der Waals surface area contributed by atoms with Crippen molar-refractivity contribution in [2.75, 3.05) is 6.61 Å². The summed E-state index contributed by atoms with van der Waals surface area (Å²) in [4.78, 5) is 0. The van der Waals surface area contributed by atoms with E-state index in [0.717, 1.165) is 0 Å². The number of hydrogen-bond acceptors (Lipinski definition) is 2. The zero-order chi connectivity index (χ0) is 10.5. The van der Waals surface area contributed by atoms with Crippen LogP contribution in [0.3, 0.4) is 0 Å². The van der Waals surface area contributed by atoms with Gasteiger partial charge in [0.2, 0.25) is 0 Å². The van der Waals surface area contributed by atoms with Gasteiger partial charge in [-0.2, -0.15) is 26.3 Å². The molecular weight excluding hydrogens is 206 g/mol. The molecule has 1 aliphatic heterocycles. The Labute approximate surface area is 68.1 Å². The Balaban J connectivity index is 3.01. The molecule has 78 valence electrons. The lowest BCUT2D eigenvalue weighted by Gasteiger charge is -2.30. The summed E-state index contributed by atoms with van der Waals surface area (Å²) in [5.74, 6) is 0. The molecule has 0 aromatic heterocycles. The monoisotopic (exact) mass is 210 g/mol. The van der Waals surface area contributed by atoms with Crippen LogP contribution in [0.5, 0.6) is 0 Å². The summed E-state index contributed by atoms with van der Waals surface area (Å²) in [6.45, 7) is -0.741. The van der Waals surface area contributed by atoms with Crippen molar-refractivity contribution in [2.24, 2.45) is 0 Å². The van der Waals surface area contributed by atoms with E-state index >= 15 is 0 Å². The molecule has 1 fully saturated rings. The number of epoxide rings is 1. The Bertz CT molecular complexity index is 188. The van der Waals surface area contributed by atoms with E-state index in [1.54, 1.807) is 0 Å². The zero-order valence-electron chi connectivity index (χ0n) is 5.91. The van der Waals surface area contributed by atoms with Crippen LogP contribution in [0.4, 0.5) is 26.3 Å². The third-order valence-corrected chi connectivity index (χ3v) is 1.66. The van der Waals surface area contributed by atoms with Crippen LogP contribution in [-0.2, 0) is 4.74 Å². The number of hydrogen-bond donors (Lipinski definition) is 1. The van der Waals surface area contributed by atoms with Crippen molar-refractivity contribution in [2.45, 2.75) is 24.1 Å². The second kappa shape index (κ2) is 2.50. The fraction of sp³-hybridized carbons (Fsp3) is 1.00. The summed E-state index contributed by atoms with van der Waals surface area (Å²) in [5.41, 5.74) is -4.74. The molecule has 1 unspecified atom stereocenters. The third kappa shape index (κ3) is 1.48. The number of ether oxygens (including phenoxy) is 1. The first-order chi connectivity index (χ1) is 5.61. The summed E-state index contributed by atoms with van der Waals surface area (Å²) in [5, 5.41) is 8.45. The van der Waals surface area contributed by atoms with Crippen molar-refractivity contribution >= 4 is 0 Å². The SMILES string of the molecule is OC(C1CO1)(C(F)(F)F)C(F)(F)F. The highest BCUT2D eigenvalue weighted by molar-refractivity contribution is 5.05. The number of halogens is 6. The molecule has 1 N–H and O–H groups in total. The van der Waals surface area contributed by atoms with E-state index in [-0.39, 0.29) is 0 Å². The lowest BCUT2D eigenvalue weighted by atomic mass is 9.99. The van der Waals surface area contributed by atoms with Crippen LogP contribution in [0.1, 0.15) is 0 Å². The van der Waals surface area contributed by atoms with E-state index in [1.165, 1.54) is 0 Å².